The fourth-order valence-corrected chi connectivity index (χ4v) is 7.04. The van der Waals surface area contributed by atoms with Crippen LogP contribution in [0.1, 0.15) is 105 Å². The second kappa shape index (κ2) is 12.5. The van der Waals surface area contributed by atoms with E-state index in [-0.39, 0.29) is 29.6 Å². The Kier molecular flexibility index (Phi) is 9.92. The summed E-state index contributed by atoms with van der Waals surface area (Å²) in [6, 6.07) is 8.72. The molecule has 0 heterocycles. The highest BCUT2D eigenvalue weighted by Gasteiger charge is 2.75. The number of Topliss-reactive ketones (excluding diaryl/α,β-unsaturated/α-hetero) is 3. The molecule has 4 nitrogen and oxygen atoms in total. The molecule has 1 saturated carbocycles. The summed E-state index contributed by atoms with van der Waals surface area (Å²) < 4.78 is 0. The van der Waals surface area contributed by atoms with Gasteiger partial charge in [0.15, 0.2) is 22.8 Å². The van der Waals surface area contributed by atoms with Gasteiger partial charge in [0.2, 0.25) is 0 Å². The number of allylic oxidation sites excluding steroid dienone is 9. The van der Waals surface area contributed by atoms with E-state index in [2.05, 4.69) is 18.7 Å². The van der Waals surface area contributed by atoms with Crippen LogP contribution in [0.5, 0.6) is 0 Å². The highest BCUT2D eigenvalue weighted by atomic mass is 16.3. The molecule has 1 aromatic rings. The molecule has 0 aromatic heterocycles. The van der Waals surface area contributed by atoms with Gasteiger partial charge in [-0.2, -0.15) is 0 Å². The fraction of sp³-hybridized carbons (Fsp3) is 0.500. The first-order chi connectivity index (χ1) is 19.5. The van der Waals surface area contributed by atoms with Crippen molar-refractivity contribution in [3.63, 3.8) is 0 Å². The zero-order chi connectivity index (χ0) is 31.6. The van der Waals surface area contributed by atoms with E-state index >= 15 is 4.79 Å². The summed E-state index contributed by atoms with van der Waals surface area (Å²) in [6.45, 7) is 22.1. The third-order valence-corrected chi connectivity index (χ3v) is 9.72. The summed E-state index contributed by atoms with van der Waals surface area (Å²) in [5.74, 6) is -1.92. The van der Waals surface area contributed by atoms with Crippen molar-refractivity contribution in [1.29, 1.82) is 0 Å². The van der Waals surface area contributed by atoms with E-state index in [0.717, 1.165) is 22.3 Å². The molecule has 1 N–H and O–H groups in total. The van der Waals surface area contributed by atoms with Crippen LogP contribution in [-0.4, -0.2) is 22.5 Å². The lowest BCUT2D eigenvalue weighted by molar-refractivity contribution is -0.166. The maximum absolute atomic E-state index is 15.3. The number of benzene rings is 1. The van der Waals surface area contributed by atoms with Gasteiger partial charge in [0.05, 0.1) is 5.41 Å². The summed E-state index contributed by atoms with van der Waals surface area (Å²) >= 11 is 0. The number of fused-ring (bicyclic) bond motifs is 2. The first-order valence-electron chi connectivity index (χ1n) is 15.2. The van der Waals surface area contributed by atoms with Crippen molar-refractivity contribution in [2.45, 2.75) is 94.4 Å². The second-order valence-corrected chi connectivity index (χ2v) is 13.9. The van der Waals surface area contributed by atoms with E-state index in [1.165, 1.54) is 0 Å². The lowest BCUT2D eigenvalue weighted by atomic mass is 9.39. The van der Waals surface area contributed by atoms with Crippen LogP contribution in [0.25, 0.3) is 0 Å². The molecule has 0 radical (unpaired) electrons. The van der Waals surface area contributed by atoms with Gasteiger partial charge in [-0.15, -0.1) is 0 Å². The number of ketones is 3. The summed E-state index contributed by atoms with van der Waals surface area (Å²) in [6.07, 6.45) is 8.26. The number of carbonyl (C=O) groups excluding carboxylic acids is 3. The minimum absolute atomic E-state index is 0.112. The van der Waals surface area contributed by atoms with Crippen LogP contribution in [0.15, 0.2) is 88.8 Å². The summed E-state index contributed by atoms with van der Waals surface area (Å²) in [5, 5.41) is 12.2. The molecular weight excluding hydrogens is 520 g/mol. The van der Waals surface area contributed by atoms with E-state index in [4.69, 9.17) is 0 Å². The molecule has 2 aliphatic rings. The Morgan fingerprint density at radius 1 is 0.952 bits per heavy atom. The van der Waals surface area contributed by atoms with E-state index in [9.17, 15) is 14.7 Å². The van der Waals surface area contributed by atoms with Crippen molar-refractivity contribution in [3.05, 3.63) is 94.3 Å². The number of hydrogen-bond donors (Lipinski definition) is 1. The third kappa shape index (κ3) is 5.70. The third-order valence-electron chi connectivity index (χ3n) is 9.72. The highest BCUT2D eigenvalue weighted by Crippen LogP contribution is 2.66. The molecule has 3 rings (SSSR count). The molecule has 4 atom stereocenters. The van der Waals surface area contributed by atoms with Crippen LogP contribution in [-0.2, 0) is 9.59 Å². The summed E-state index contributed by atoms with van der Waals surface area (Å²) in [5.41, 5.74) is 0.389. The molecule has 42 heavy (non-hydrogen) atoms. The Bertz CT molecular complexity index is 1370. The van der Waals surface area contributed by atoms with Gasteiger partial charge in [-0.1, -0.05) is 91.3 Å². The van der Waals surface area contributed by atoms with Crippen LogP contribution in [0.2, 0.25) is 0 Å². The quantitative estimate of drug-likeness (QED) is 0.163. The first kappa shape index (κ1) is 33.2. The molecule has 1 aromatic carbocycles. The first-order valence-corrected chi connectivity index (χ1v) is 15.2. The Morgan fingerprint density at radius 2 is 1.52 bits per heavy atom. The fourth-order valence-electron chi connectivity index (χ4n) is 7.04. The van der Waals surface area contributed by atoms with E-state index in [1.54, 1.807) is 24.3 Å². The average Bonchev–Trinajstić information content (AvgIpc) is 2.91. The van der Waals surface area contributed by atoms with E-state index < -0.39 is 33.6 Å². The predicted molar refractivity (Wildman–Crippen MR) is 172 cm³/mol. The zero-order valence-electron chi connectivity index (χ0n) is 27.2. The minimum Gasteiger partial charge on any atom is -0.511 e. The molecule has 2 aliphatic carbocycles. The van der Waals surface area contributed by atoms with Gasteiger partial charge in [-0.25, -0.2) is 0 Å². The van der Waals surface area contributed by atoms with E-state index in [1.807, 2.05) is 74.5 Å². The zero-order valence-corrected chi connectivity index (χ0v) is 27.2. The smallest absolute Gasteiger partial charge is 0.184 e. The molecule has 0 saturated heterocycles. The molecule has 0 aliphatic heterocycles. The average molecular weight is 571 g/mol. The minimum atomic E-state index is -1.96. The lowest BCUT2D eigenvalue weighted by Gasteiger charge is -2.60. The van der Waals surface area contributed by atoms with Crippen molar-refractivity contribution in [3.8, 4) is 0 Å². The monoisotopic (exact) mass is 570 g/mol. The predicted octanol–water partition coefficient (Wildman–Crippen LogP) is 9.50. The normalized spacial score (nSPS) is 25.4. The van der Waals surface area contributed by atoms with Gasteiger partial charge in [0.25, 0.3) is 0 Å². The topological polar surface area (TPSA) is 71.4 Å². The van der Waals surface area contributed by atoms with Crippen molar-refractivity contribution >= 4 is 17.3 Å². The summed E-state index contributed by atoms with van der Waals surface area (Å²) in [4.78, 5) is 44.9. The largest absolute Gasteiger partial charge is 0.511 e. The molecule has 1 fully saturated rings. The number of rotatable bonds is 11. The van der Waals surface area contributed by atoms with Crippen molar-refractivity contribution in [2.24, 2.45) is 28.1 Å². The maximum atomic E-state index is 15.3. The molecule has 4 heteroatoms. The van der Waals surface area contributed by atoms with Crippen LogP contribution < -0.4 is 0 Å². The van der Waals surface area contributed by atoms with Gasteiger partial charge in [-0.3, -0.25) is 14.4 Å². The van der Waals surface area contributed by atoms with Gasteiger partial charge in [0, 0.05) is 11.1 Å². The Labute approximate surface area is 253 Å². The Hall–Kier alpha value is -3.27. The Morgan fingerprint density at radius 3 is 2.05 bits per heavy atom. The van der Waals surface area contributed by atoms with Gasteiger partial charge in [-0.05, 0) is 97.8 Å². The lowest BCUT2D eigenvalue weighted by Crippen LogP contribution is -2.70. The number of carbonyl (C=O) groups is 3. The molecule has 2 bridgehead atoms. The van der Waals surface area contributed by atoms with Gasteiger partial charge < -0.3 is 5.11 Å². The highest BCUT2D eigenvalue weighted by molar-refractivity contribution is 6.36. The molecule has 0 spiro atoms. The molecule has 226 valence electrons. The SMILES string of the molecule is C=C(C)C(CC=C(C)C)CC12C[C@H](CC=C(C)C)C(C)(C)C(C(=O)c3ccccc3)(C(=O)C(CC=C(C)C)=C1O)C2=O. The van der Waals surface area contributed by atoms with Crippen LogP contribution >= 0.6 is 0 Å². The second-order valence-electron chi connectivity index (χ2n) is 13.9. The number of hydrogen-bond acceptors (Lipinski definition) is 4. The van der Waals surface area contributed by atoms with Crippen molar-refractivity contribution in [2.75, 3.05) is 0 Å². The molecular formula is C38H50O4. The Balaban J connectivity index is 2.45. The van der Waals surface area contributed by atoms with Gasteiger partial charge >= 0.3 is 0 Å². The molecule has 3 unspecified atom stereocenters. The van der Waals surface area contributed by atoms with E-state index in [0.29, 0.717) is 31.2 Å². The number of aliphatic hydroxyl groups is 1. The number of aliphatic hydroxyl groups excluding tert-OH is 1. The van der Waals surface area contributed by atoms with Crippen LogP contribution in [0.3, 0.4) is 0 Å². The van der Waals surface area contributed by atoms with Crippen LogP contribution in [0.4, 0.5) is 0 Å². The maximum Gasteiger partial charge on any atom is 0.184 e. The van der Waals surface area contributed by atoms with Gasteiger partial charge in [0.1, 0.15) is 5.76 Å². The van der Waals surface area contributed by atoms with Crippen molar-refractivity contribution in [1.82, 2.24) is 0 Å². The van der Waals surface area contributed by atoms with Crippen molar-refractivity contribution < 1.29 is 19.5 Å². The molecule has 0 amide bonds. The standard InChI is InChI=1S/C38H50O4/c1-24(2)16-19-29(27(7)8)22-37-23-30(20-17-25(3)4)36(9,10)38(35(37)42,32(39)28-14-12-11-13-15-28)34(41)31(33(37)40)21-18-26(5)6/h11-18,29-30,40H,7,19-23H2,1-6,8-10H3/t29?,30-,37?,38?/m0/s1. The van der Waals surface area contributed by atoms with Crippen LogP contribution in [0, 0.1) is 28.1 Å². The summed E-state index contributed by atoms with van der Waals surface area (Å²) in [7, 11) is 0.